The van der Waals surface area contributed by atoms with Crippen LogP contribution in [0.2, 0.25) is 0 Å². The number of carbonyl (C=O) groups excluding carboxylic acids is 2. The topological polar surface area (TPSA) is 127 Å². The molecule has 0 spiro atoms. The Bertz CT molecular complexity index is 1570. The molecule has 1 amide bonds. The first-order chi connectivity index (χ1) is 21.6. The minimum atomic E-state index is -4.55. The fourth-order valence-electron chi connectivity index (χ4n) is 4.79. The highest BCUT2D eigenvalue weighted by molar-refractivity contribution is 6.10. The van der Waals surface area contributed by atoms with Crippen molar-refractivity contribution in [3.63, 3.8) is 0 Å². The first kappa shape index (κ1) is 33.5. The van der Waals surface area contributed by atoms with E-state index in [4.69, 9.17) is 23.7 Å². The van der Waals surface area contributed by atoms with Crippen LogP contribution in [-0.4, -0.2) is 68.3 Å². The van der Waals surface area contributed by atoms with Gasteiger partial charge in [-0.1, -0.05) is 42.5 Å². The molecule has 3 N–H and O–H groups in total. The van der Waals surface area contributed by atoms with Crippen LogP contribution in [0.3, 0.4) is 0 Å². The van der Waals surface area contributed by atoms with Crippen molar-refractivity contribution < 1.29 is 51.6 Å². The fraction of sp³-hybridized carbons (Fsp3) is 0.333. The number of halogens is 3. The Morgan fingerprint density at radius 1 is 0.956 bits per heavy atom. The zero-order valence-corrected chi connectivity index (χ0v) is 24.6. The van der Waals surface area contributed by atoms with Crippen molar-refractivity contribution in [2.75, 3.05) is 40.1 Å². The number of hydrogen-bond donors (Lipinski definition) is 3. The minimum absolute atomic E-state index is 0.0140. The zero-order chi connectivity index (χ0) is 32.4. The largest absolute Gasteiger partial charge is 0.493 e. The molecular formula is C33H34F3NO8. The van der Waals surface area contributed by atoms with Gasteiger partial charge >= 0.3 is 12.1 Å². The summed E-state index contributed by atoms with van der Waals surface area (Å²) in [5.41, 5.74) is 1.08. The lowest BCUT2D eigenvalue weighted by Gasteiger charge is -2.16. The molecule has 1 heterocycles. The van der Waals surface area contributed by atoms with Crippen LogP contribution in [0.4, 0.5) is 13.2 Å². The third-order valence-electron chi connectivity index (χ3n) is 6.96. The van der Waals surface area contributed by atoms with Gasteiger partial charge in [0.15, 0.2) is 11.3 Å². The summed E-state index contributed by atoms with van der Waals surface area (Å²) in [5.74, 6) is -0.859. The Morgan fingerprint density at radius 2 is 1.69 bits per heavy atom. The predicted octanol–water partition coefficient (Wildman–Crippen LogP) is 4.95. The average Bonchev–Trinajstić information content (AvgIpc) is 3.42. The molecule has 9 nitrogen and oxygen atoms in total. The van der Waals surface area contributed by atoms with Gasteiger partial charge in [0.1, 0.15) is 17.9 Å². The van der Waals surface area contributed by atoms with Crippen LogP contribution < -0.4 is 10.1 Å². The van der Waals surface area contributed by atoms with E-state index in [2.05, 4.69) is 5.32 Å². The highest BCUT2D eigenvalue weighted by Gasteiger charge is 2.31. The maximum Gasteiger partial charge on any atom is 0.416 e. The highest BCUT2D eigenvalue weighted by Crippen LogP contribution is 2.40. The van der Waals surface area contributed by atoms with Crippen molar-refractivity contribution in [3.8, 4) is 17.1 Å². The molecule has 240 valence electrons. The summed E-state index contributed by atoms with van der Waals surface area (Å²) in [7, 11) is 1.40. The molecule has 3 aromatic carbocycles. The molecule has 0 radical (unpaired) electrons. The molecule has 0 fully saturated rings. The summed E-state index contributed by atoms with van der Waals surface area (Å²) >= 11 is 0. The Kier molecular flexibility index (Phi) is 11.6. The van der Waals surface area contributed by atoms with Gasteiger partial charge in [0.2, 0.25) is 5.91 Å². The van der Waals surface area contributed by atoms with E-state index in [0.29, 0.717) is 17.4 Å². The molecule has 1 aromatic heterocycles. The first-order valence-electron chi connectivity index (χ1n) is 14.3. The third kappa shape index (κ3) is 8.84. The second kappa shape index (κ2) is 15.6. The van der Waals surface area contributed by atoms with Gasteiger partial charge in [0.25, 0.3) is 0 Å². The number of aliphatic hydroxyl groups is 2. The summed E-state index contributed by atoms with van der Waals surface area (Å²) in [5, 5.41) is 21.8. The lowest BCUT2D eigenvalue weighted by Crippen LogP contribution is -2.39. The second-order valence-electron chi connectivity index (χ2n) is 10.2. The predicted molar refractivity (Wildman–Crippen MR) is 159 cm³/mol. The van der Waals surface area contributed by atoms with Crippen molar-refractivity contribution in [1.82, 2.24) is 5.32 Å². The first-order valence-corrected chi connectivity index (χ1v) is 14.3. The van der Waals surface area contributed by atoms with Crippen molar-refractivity contribution >= 4 is 22.8 Å². The number of methoxy groups -OCH3 is 1. The molecule has 12 heteroatoms. The van der Waals surface area contributed by atoms with E-state index < -0.39 is 23.8 Å². The zero-order valence-electron chi connectivity index (χ0n) is 24.6. The maximum absolute atomic E-state index is 13.4. The van der Waals surface area contributed by atoms with Gasteiger partial charge in [-0.25, -0.2) is 4.79 Å². The Morgan fingerprint density at radius 3 is 2.33 bits per heavy atom. The summed E-state index contributed by atoms with van der Waals surface area (Å²) in [6, 6.07) is 16.5. The smallest absolute Gasteiger partial charge is 0.416 e. The van der Waals surface area contributed by atoms with Crippen LogP contribution in [-0.2, 0) is 33.3 Å². The molecule has 4 rings (SSSR count). The standard InChI is InChI=1S/C33H34F3NO8/c1-42-27-19-22(7-12-28(40)37-25(20-39)17-21-5-3-2-4-6-21)18-26-29(32(41)44-16-15-43-14-13-38)30(45-31(26)27)23-8-10-24(11-9-23)33(34,35)36/h2-6,8-11,18-19,25,38-39H,7,12-17,20H2,1H3,(H,37,40)/t25-/m0/s1. The molecule has 45 heavy (non-hydrogen) atoms. The van der Waals surface area contributed by atoms with Gasteiger partial charge in [0.05, 0.1) is 45.1 Å². The van der Waals surface area contributed by atoms with Crippen molar-refractivity contribution in [2.24, 2.45) is 0 Å². The molecule has 0 unspecified atom stereocenters. The van der Waals surface area contributed by atoms with Crippen molar-refractivity contribution in [1.29, 1.82) is 0 Å². The fourth-order valence-corrected chi connectivity index (χ4v) is 4.79. The van der Waals surface area contributed by atoms with Crippen LogP contribution in [0.25, 0.3) is 22.3 Å². The Balaban J connectivity index is 1.61. The molecule has 1 atom stereocenters. The van der Waals surface area contributed by atoms with Crippen LogP contribution in [0.1, 0.15) is 33.5 Å². The van der Waals surface area contributed by atoms with Crippen LogP contribution in [0, 0.1) is 0 Å². The van der Waals surface area contributed by atoms with E-state index in [0.717, 1.165) is 17.7 Å². The number of aryl methyl sites for hydroxylation is 1. The van der Waals surface area contributed by atoms with E-state index in [9.17, 15) is 27.9 Å². The number of esters is 1. The second-order valence-corrected chi connectivity index (χ2v) is 10.2. The van der Waals surface area contributed by atoms with Gasteiger partial charge < -0.3 is 34.2 Å². The number of furan rings is 1. The quantitative estimate of drug-likeness (QED) is 0.125. The van der Waals surface area contributed by atoms with Gasteiger partial charge in [-0.2, -0.15) is 13.2 Å². The monoisotopic (exact) mass is 629 g/mol. The normalized spacial score (nSPS) is 12.2. The minimum Gasteiger partial charge on any atom is -0.493 e. The number of hydrogen-bond acceptors (Lipinski definition) is 8. The van der Waals surface area contributed by atoms with Gasteiger partial charge in [-0.3, -0.25) is 4.79 Å². The van der Waals surface area contributed by atoms with Crippen molar-refractivity contribution in [3.05, 3.63) is 89.0 Å². The van der Waals surface area contributed by atoms with Gasteiger partial charge in [-0.05, 0) is 48.2 Å². The van der Waals surface area contributed by atoms with E-state index in [1.807, 2.05) is 30.3 Å². The number of carbonyl (C=O) groups is 2. The van der Waals surface area contributed by atoms with Crippen LogP contribution in [0.5, 0.6) is 5.75 Å². The molecule has 0 aliphatic carbocycles. The lowest BCUT2D eigenvalue weighted by molar-refractivity contribution is -0.137. The molecule has 4 aromatic rings. The number of alkyl halides is 3. The molecular weight excluding hydrogens is 595 g/mol. The van der Waals surface area contributed by atoms with Gasteiger partial charge in [-0.15, -0.1) is 0 Å². The number of fused-ring (bicyclic) bond motifs is 1. The number of rotatable bonds is 15. The molecule has 0 bridgehead atoms. The number of benzene rings is 3. The maximum atomic E-state index is 13.4. The van der Waals surface area contributed by atoms with E-state index >= 15 is 0 Å². The van der Waals surface area contributed by atoms with Crippen LogP contribution >= 0.6 is 0 Å². The molecule has 0 saturated carbocycles. The Hall–Kier alpha value is -4.39. The highest BCUT2D eigenvalue weighted by atomic mass is 19.4. The lowest BCUT2D eigenvalue weighted by atomic mass is 10.0. The van der Waals surface area contributed by atoms with Crippen molar-refractivity contribution in [2.45, 2.75) is 31.5 Å². The van der Waals surface area contributed by atoms with E-state index in [-0.39, 0.29) is 80.0 Å². The Labute approximate surface area is 257 Å². The van der Waals surface area contributed by atoms with Gasteiger partial charge in [0, 0.05) is 17.4 Å². The number of ether oxygens (including phenoxy) is 3. The molecule has 0 aliphatic heterocycles. The van der Waals surface area contributed by atoms with Crippen LogP contribution in [0.15, 0.2) is 71.1 Å². The van der Waals surface area contributed by atoms with E-state index in [1.165, 1.54) is 19.2 Å². The number of amides is 1. The number of aliphatic hydroxyl groups excluding tert-OH is 2. The SMILES string of the molecule is COc1cc(CCC(=O)N[C@H](CO)Cc2ccccc2)cc2c(C(=O)OCCOCCO)c(-c3ccc(C(F)(F)F)cc3)oc12. The average molecular weight is 630 g/mol. The summed E-state index contributed by atoms with van der Waals surface area (Å²) in [4.78, 5) is 26.2. The molecule has 0 saturated heterocycles. The summed E-state index contributed by atoms with van der Waals surface area (Å²) in [6.45, 7) is -0.516. The molecule has 0 aliphatic rings. The number of nitrogens with one attached hydrogen (secondary N) is 1. The third-order valence-corrected chi connectivity index (χ3v) is 6.96. The van der Waals surface area contributed by atoms with E-state index in [1.54, 1.807) is 12.1 Å². The summed E-state index contributed by atoms with van der Waals surface area (Å²) < 4.78 is 61.7. The summed E-state index contributed by atoms with van der Waals surface area (Å²) in [6.07, 6.45) is -3.79.